The molecule has 3 N–H and O–H groups in total. The molecule has 0 saturated carbocycles. The zero-order chi connectivity index (χ0) is 18.6. The van der Waals surface area contributed by atoms with Crippen molar-refractivity contribution < 1.29 is 24.5 Å². The molecule has 0 bridgehead atoms. The molecule has 2 unspecified atom stereocenters. The maximum Gasteiger partial charge on any atom is 0.328 e. The summed E-state index contributed by atoms with van der Waals surface area (Å²) in [6, 6.07) is 12.9. The van der Waals surface area contributed by atoms with Gasteiger partial charge in [-0.15, -0.1) is 0 Å². The molecule has 7 nitrogen and oxygen atoms in total. The molecule has 1 fully saturated rings. The Kier molecular flexibility index (Phi) is 5.09. The molecule has 0 aliphatic carbocycles. The Balaban J connectivity index is 0.000000211. The van der Waals surface area contributed by atoms with Crippen molar-refractivity contribution in [3.8, 4) is 5.75 Å². The number of aliphatic carboxylic acids is 2. The van der Waals surface area contributed by atoms with E-state index in [2.05, 4.69) is 52.6 Å². The van der Waals surface area contributed by atoms with Crippen LogP contribution in [0, 0.1) is 0 Å². The summed E-state index contributed by atoms with van der Waals surface area (Å²) in [6.07, 6.45) is 6.45. The van der Waals surface area contributed by atoms with Crippen LogP contribution in [0.4, 0.5) is 0 Å². The minimum atomic E-state index is -1.26. The third-order valence-electron chi connectivity index (χ3n) is 4.47. The number of rotatable bonds is 3. The van der Waals surface area contributed by atoms with Gasteiger partial charge in [-0.1, -0.05) is 18.2 Å². The zero-order valence-electron chi connectivity index (χ0n) is 14.0. The van der Waals surface area contributed by atoms with Crippen molar-refractivity contribution in [3.05, 3.63) is 66.5 Å². The van der Waals surface area contributed by atoms with Crippen LogP contribution in [0.2, 0.25) is 0 Å². The summed E-state index contributed by atoms with van der Waals surface area (Å²) in [7, 11) is 0. The highest BCUT2D eigenvalue weighted by Crippen LogP contribution is 2.48. The molecule has 2 aliphatic rings. The van der Waals surface area contributed by atoms with Crippen LogP contribution in [0.1, 0.15) is 18.0 Å². The molecule has 26 heavy (non-hydrogen) atoms. The third kappa shape index (κ3) is 3.62. The molecule has 136 valence electrons. The lowest BCUT2D eigenvalue weighted by Gasteiger charge is -2.30. The summed E-state index contributed by atoms with van der Waals surface area (Å²) in [4.78, 5) is 19.1. The molecule has 3 heterocycles. The zero-order valence-corrected chi connectivity index (χ0v) is 14.0. The molecule has 1 spiro atoms. The highest BCUT2D eigenvalue weighted by atomic mass is 16.5. The number of ether oxygens (including phenoxy) is 1. The molecule has 0 radical (unpaired) electrons. The predicted octanol–water partition coefficient (Wildman–Crippen LogP) is 1.91. The van der Waals surface area contributed by atoms with Crippen LogP contribution in [0.3, 0.4) is 0 Å². The summed E-state index contributed by atoms with van der Waals surface area (Å²) >= 11 is 0. The first kappa shape index (κ1) is 17.8. The molecule has 7 heteroatoms. The Hall–Kier alpha value is -3.06. The summed E-state index contributed by atoms with van der Waals surface area (Å²) in [5, 5.41) is 19.1. The van der Waals surface area contributed by atoms with Crippen molar-refractivity contribution in [2.45, 2.75) is 18.1 Å². The average molecular weight is 356 g/mol. The van der Waals surface area contributed by atoms with Gasteiger partial charge in [-0.2, -0.15) is 0 Å². The van der Waals surface area contributed by atoms with Gasteiger partial charge in [0.25, 0.3) is 0 Å². The average Bonchev–Trinajstić information content (AvgIpc) is 3.33. The van der Waals surface area contributed by atoms with Gasteiger partial charge in [0.05, 0.1) is 0 Å². The Morgan fingerprint density at radius 1 is 1.12 bits per heavy atom. The van der Waals surface area contributed by atoms with Gasteiger partial charge in [-0.25, -0.2) is 9.59 Å². The monoisotopic (exact) mass is 356 g/mol. The van der Waals surface area contributed by atoms with Crippen molar-refractivity contribution in [2.75, 3.05) is 13.1 Å². The molecule has 2 atom stereocenters. The van der Waals surface area contributed by atoms with Crippen LogP contribution >= 0.6 is 0 Å². The summed E-state index contributed by atoms with van der Waals surface area (Å²) in [5.41, 5.74) is 1.19. The van der Waals surface area contributed by atoms with Crippen LogP contribution in [0.5, 0.6) is 5.75 Å². The first-order valence-corrected chi connectivity index (χ1v) is 8.27. The topological polar surface area (TPSA) is 101 Å². The van der Waals surface area contributed by atoms with E-state index in [9.17, 15) is 9.59 Å². The molecule has 2 aliphatic heterocycles. The van der Waals surface area contributed by atoms with E-state index in [0.717, 1.165) is 25.3 Å². The van der Waals surface area contributed by atoms with E-state index < -0.39 is 11.9 Å². The fourth-order valence-corrected chi connectivity index (χ4v) is 3.46. The fraction of sp³-hybridized carbons (Fsp3) is 0.263. The Labute approximate surface area is 150 Å². The van der Waals surface area contributed by atoms with Crippen molar-refractivity contribution in [2.24, 2.45) is 0 Å². The van der Waals surface area contributed by atoms with Crippen molar-refractivity contribution in [1.82, 2.24) is 9.88 Å². The Morgan fingerprint density at radius 3 is 2.35 bits per heavy atom. The molecule has 4 rings (SSSR count). The van der Waals surface area contributed by atoms with E-state index in [-0.39, 0.29) is 5.60 Å². The lowest BCUT2D eigenvalue weighted by Crippen LogP contribution is -2.42. The summed E-state index contributed by atoms with van der Waals surface area (Å²) in [6.45, 7) is 1.95. The molecular weight excluding hydrogens is 336 g/mol. The number of benzene rings is 1. The second-order valence-corrected chi connectivity index (χ2v) is 6.17. The molecule has 0 amide bonds. The third-order valence-corrected chi connectivity index (χ3v) is 4.47. The number of fused-ring (bicyclic) bond motifs is 1. The number of carbonyl (C=O) groups is 2. The van der Waals surface area contributed by atoms with Gasteiger partial charge in [0.1, 0.15) is 17.4 Å². The Bertz CT molecular complexity index is 791. The van der Waals surface area contributed by atoms with Gasteiger partial charge in [-0.05, 0) is 24.7 Å². The number of para-hydroxylation sites is 1. The summed E-state index contributed by atoms with van der Waals surface area (Å²) in [5.74, 6) is -1.47. The maximum absolute atomic E-state index is 9.55. The van der Waals surface area contributed by atoms with Crippen molar-refractivity contribution in [1.29, 1.82) is 0 Å². The van der Waals surface area contributed by atoms with E-state index in [1.165, 1.54) is 5.56 Å². The highest BCUT2D eigenvalue weighted by molar-refractivity contribution is 5.89. The SMILES string of the molecule is O=C(O)C=CC(=O)O.c1ccc2c(c1)OC1(CCNC1)C2n1cccc1. The summed E-state index contributed by atoms with van der Waals surface area (Å²) < 4.78 is 8.59. The van der Waals surface area contributed by atoms with Crippen molar-refractivity contribution >= 4 is 11.9 Å². The predicted molar refractivity (Wildman–Crippen MR) is 94.3 cm³/mol. The highest BCUT2D eigenvalue weighted by Gasteiger charge is 2.50. The molecule has 1 aromatic carbocycles. The van der Waals surface area contributed by atoms with Crippen LogP contribution in [0.15, 0.2) is 60.9 Å². The lowest BCUT2D eigenvalue weighted by molar-refractivity contribution is -0.134. The van der Waals surface area contributed by atoms with E-state index >= 15 is 0 Å². The lowest BCUT2D eigenvalue weighted by atomic mass is 9.90. The molecule has 2 aromatic rings. The van der Waals surface area contributed by atoms with Gasteiger partial charge in [0.2, 0.25) is 0 Å². The Morgan fingerprint density at radius 2 is 1.77 bits per heavy atom. The van der Waals surface area contributed by atoms with E-state index in [0.29, 0.717) is 18.2 Å². The van der Waals surface area contributed by atoms with Gasteiger partial charge in [-0.3, -0.25) is 0 Å². The minimum absolute atomic E-state index is 0.108. The van der Waals surface area contributed by atoms with E-state index in [1.807, 2.05) is 6.07 Å². The number of hydrogen-bond donors (Lipinski definition) is 3. The first-order valence-electron chi connectivity index (χ1n) is 8.27. The second kappa shape index (κ2) is 7.45. The number of nitrogens with zero attached hydrogens (tertiary/aromatic N) is 1. The normalized spacial score (nSPS) is 23.3. The smallest absolute Gasteiger partial charge is 0.328 e. The van der Waals surface area contributed by atoms with Gasteiger partial charge in [0.15, 0.2) is 0 Å². The quantitative estimate of drug-likeness (QED) is 0.727. The largest absolute Gasteiger partial charge is 0.483 e. The molecule has 1 saturated heterocycles. The number of carboxylic acids is 2. The van der Waals surface area contributed by atoms with Crippen LogP contribution in [0.25, 0.3) is 0 Å². The van der Waals surface area contributed by atoms with Gasteiger partial charge >= 0.3 is 11.9 Å². The van der Waals surface area contributed by atoms with Crippen LogP contribution < -0.4 is 10.1 Å². The molecule has 1 aromatic heterocycles. The minimum Gasteiger partial charge on any atom is -0.483 e. The van der Waals surface area contributed by atoms with Crippen LogP contribution in [-0.4, -0.2) is 45.4 Å². The van der Waals surface area contributed by atoms with E-state index in [4.69, 9.17) is 14.9 Å². The first-order chi connectivity index (χ1) is 12.5. The van der Waals surface area contributed by atoms with Gasteiger partial charge < -0.3 is 24.8 Å². The number of hydrogen-bond acceptors (Lipinski definition) is 4. The molecular formula is C19H20N2O5. The van der Waals surface area contributed by atoms with Gasteiger partial charge in [0, 0.05) is 43.1 Å². The maximum atomic E-state index is 9.55. The second-order valence-electron chi connectivity index (χ2n) is 6.17. The standard InChI is InChI=1S/C15H16N2O.C4H4O4/c1-2-6-13-12(5-1)14(17-9-3-4-10-17)15(18-13)7-8-16-11-15;5-3(6)1-2-4(7)8/h1-6,9-10,14,16H,7-8,11H2;1-2H,(H,5,6)(H,7,8). The van der Waals surface area contributed by atoms with Crippen molar-refractivity contribution in [3.63, 3.8) is 0 Å². The van der Waals surface area contributed by atoms with Crippen LogP contribution in [-0.2, 0) is 9.59 Å². The number of nitrogens with one attached hydrogen (secondary N) is 1. The fourth-order valence-electron chi connectivity index (χ4n) is 3.46. The number of aromatic nitrogens is 1. The van der Waals surface area contributed by atoms with E-state index in [1.54, 1.807) is 0 Å². The number of carboxylic acid groups (broad SMARTS) is 2.